The monoisotopic (exact) mass is 627 g/mol. The van der Waals surface area contributed by atoms with Crippen molar-refractivity contribution in [2.75, 3.05) is 51.8 Å². The second kappa shape index (κ2) is 12.9. The predicted octanol–water partition coefficient (Wildman–Crippen LogP) is 2.48. The van der Waals surface area contributed by atoms with Gasteiger partial charge in [0.2, 0.25) is 17.8 Å². The average molecular weight is 628 g/mol. The van der Waals surface area contributed by atoms with Gasteiger partial charge in [0, 0.05) is 45.6 Å². The number of halogens is 6. The Bertz CT molecular complexity index is 1530. The second-order valence-electron chi connectivity index (χ2n) is 9.92. The van der Waals surface area contributed by atoms with E-state index in [1.807, 2.05) is 0 Å². The Kier molecular flexibility index (Phi) is 9.44. The molecular formula is C27H27F6N7O4. The molecule has 0 unspecified atom stereocenters. The molecule has 1 aliphatic heterocycles. The minimum absolute atomic E-state index is 0.0800. The third-order valence-electron chi connectivity index (χ3n) is 6.83. The van der Waals surface area contributed by atoms with Gasteiger partial charge in [-0.1, -0.05) is 12.1 Å². The number of methoxy groups -OCH3 is 1. The van der Waals surface area contributed by atoms with E-state index in [4.69, 9.17) is 4.74 Å². The van der Waals surface area contributed by atoms with Gasteiger partial charge in [0.15, 0.2) is 0 Å². The van der Waals surface area contributed by atoms with Crippen LogP contribution in [0.25, 0.3) is 0 Å². The Labute approximate surface area is 246 Å². The Morgan fingerprint density at radius 3 is 2.11 bits per heavy atom. The number of anilines is 1. The molecule has 2 aromatic heterocycles. The van der Waals surface area contributed by atoms with Gasteiger partial charge >= 0.3 is 12.4 Å². The predicted molar refractivity (Wildman–Crippen MR) is 143 cm³/mol. The highest BCUT2D eigenvalue weighted by Crippen LogP contribution is 2.29. The number of nitrogens with zero attached hydrogens (tertiary/aromatic N) is 7. The highest BCUT2D eigenvalue weighted by molar-refractivity contribution is 5.85. The van der Waals surface area contributed by atoms with E-state index in [2.05, 4.69) is 15.1 Å². The van der Waals surface area contributed by atoms with Crippen LogP contribution in [0.15, 0.2) is 47.5 Å². The summed E-state index contributed by atoms with van der Waals surface area (Å²) in [5.41, 5.74) is -3.65. The number of carbonyl (C=O) groups is 2. The molecule has 11 nitrogen and oxygen atoms in total. The summed E-state index contributed by atoms with van der Waals surface area (Å²) in [5, 5.41) is 3.98. The highest BCUT2D eigenvalue weighted by atomic mass is 19.4. The van der Waals surface area contributed by atoms with E-state index in [0.29, 0.717) is 34.5 Å². The van der Waals surface area contributed by atoms with Crippen LogP contribution >= 0.6 is 0 Å². The molecule has 2 amide bonds. The maximum absolute atomic E-state index is 13.7. The number of aromatic nitrogens is 4. The van der Waals surface area contributed by atoms with Crippen molar-refractivity contribution in [3.8, 4) is 5.75 Å². The Morgan fingerprint density at radius 1 is 0.955 bits per heavy atom. The van der Waals surface area contributed by atoms with Crippen molar-refractivity contribution in [3.63, 3.8) is 0 Å². The van der Waals surface area contributed by atoms with Crippen molar-refractivity contribution in [2.24, 2.45) is 0 Å². The summed E-state index contributed by atoms with van der Waals surface area (Å²) in [6.45, 7) is 0.151. The summed E-state index contributed by atoms with van der Waals surface area (Å²) in [5.74, 6) is -0.555. The van der Waals surface area contributed by atoms with Gasteiger partial charge in [-0.2, -0.15) is 31.4 Å². The van der Waals surface area contributed by atoms with Gasteiger partial charge in [0.25, 0.3) is 5.56 Å². The molecule has 17 heteroatoms. The van der Waals surface area contributed by atoms with Gasteiger partial charge in [0.1, 0.15) is 11.3 Å². The van der Waals surface area contributed by atoms with E-state index in [-0.39, 0.29) is 50.9 Å². The van der Waals surface area contributed by atoms with Crippen LogP contribution in [-0.2, 0) is 34.9 Å². The quantitative estimate of drug-likeness (QED) is 0.350. The Balaban J connectivity index is 1.38. The summed E-state index contributed by atoms with van der Waals surface area (Å²) >= 11 is 0. The number of rotatable bonds is 8. The van der Waals surface area contributed by atoms with E-state index in [1.54, 1.807) is 29.2 Å². The molecule has 4 rings (SSSR count). The largest absolute Gasteiger partial charge is 0.497 e. The molecule has 3 aromatic rings. The number of alkyl halides is 6. The van der Waals surface area contributed by atoms with Crippen LogP contribution in [0.2, 0.25) is 0 Å². The number of carbonyl (C=O) groups excluding carboxylic acids is 2. The maximum atomic E-state index is 13.7. The zero-order valence-corrected chi connectivity index (χ0v) is 23.5. The van der Waals surface area contributed by atoms with E-state index >= 15 is 0 Å². The highest BCUT2D eigenvalue weighted by Gasteiger charge is 2.36. The van der Waals surface area contributed by atoms with Crippen molar-refractivity contribution in [1.82, 2.24) is 29.5 Å². The second-order valence-corrected chi connectivity index (χ2v) is 9.92. The van der Waals surface area contributed by atoms with Crippen LogP contribution in [0, 0.1) is 0 Å². The molecule has 0 atom stereocenters. The first-order valence-corrected chi connectivity index (χ1v) is 13.1. The van der Waals surface area contributed by atoms with E-state index in [1.165, 1.54) is 19.1 Å². The third-order valence-corrected chi connectivity index (χ3v) is 6.83. The lowest BCUT2D eigenvalue weighted by Gasteiger charge is -2.35. The topological polar surface area (TPSA) is 114 Å². The standard InChI is InChI=1S/C27H27F6N7O4/c1-37(16-23(42)38-7-9-39(10-8-38)25-34-13-18(14-35-25)26(28,29)30)22(41)12-19-11-21(27(31,32)33)24(43)40(36-19)15-17-3-5-20(44-2)6-4-17/h3-6,11,13-14H,7-10,12,15-16H2,1-2H3. The zero-order chi connectivity index (χ0) is 32.2. The van der Waals surface area contributed by atoms with Gasteiger partial charge in [0.05, 0.1) is 37.9 Å². The number of ether oxygens (including phenoxy) is 1. The molecule has 236 valence electrons. The van der Waals surface area contributed by atoms with Gasteiger partial charge in [-0.05, 0) is 23.8 Å². The first-order valence-electron chi connectivity index (χ1n) is 13.1. The normalized spacial score (nSPS) is 14.0. The van der Waals surface area contributed by atoms with Crippen molar-refractivity contribution < 1.29 is 40.7 Å². The summed E-state index contributed by atoms with van der Waals surface area (Å²) < 4.78 is 84.9. The minimum atomic E-state index is -4.99. The van der Waals surface area contributed by atoms with Gasteiger partial charge in [-0.25, -0.2) is 14.6 Å². The molecule has 0 N–H and O–H groups in total. The summed E-state index contributed by atoms with van der Waals surface area (Å²) in [6.07, 6.45) is -8.80. The molecule has 3 heterocycles. The van der Waals surface area contributed by atoms with Crippen LogP contribution in [-0.4, -0.2) is 88.2 Å². The van der Waals surface area contributed by atoms with E-state index < -0.39 is 47.3 Å². The Morgan fingerprint density at radius 2 is 1.57 bits per heavy atom. The van der Waals surface area contributed by atoms with Crippen molar-refractivity contribution in [1.29, 1.82) is 0 Å². The van der Waals surface area contributed by atoms with Crippen LogP contribution in [0.1, 0.15) is 22.4 Å². The first kappa shape index (κ1) is 32.2. The summed E-state index contributed by atoms with van der Waals surface area (Å²) in [6, 6.07) is 6.81. The van der Waals surface area contributed by atoms with Gasteiger partial charge in [-0.3, -0.25) is 14.4 Å². The third kappa shape index (κ3) is 7.82. The number of hydrogen-bond acceptors (Lipinski definition) is 8. The molecule has 1 fully saturated rings. The number of amides is 2. The average Bonchev–Trinajstić information content (AvgIpc) is 2.98. The molecular weight excluding hydrogens is 600 g/mol. The van der Waals surface area contributed by atoms with Gasteiger partial charge in [-0.15, -0.1) is 0 Å². The number of likely N-dealkylation sites (N-methyl/N-ethyl adjacent to an activating group) is 1. The van der Waals surface area contributed by atoms with Crippen LogP contribution in [0.4, 0.5) is 32.3 Å². The maximum Gasteiger partial charge on any atom is 0.421 e. The molecule has 0 radical (unpaired) electrons. The molecule has 1 aliphatic rings. The lowest BCUT2D eigenvalue weighted by atomic mass is 10.2. The number of benzene rings is 1. The fourth-order valence-corrected chi connectivity index (χ4v) is 4.36. The van der Waals surface area contributed by atoms with Crippen molar-refractivity contribution in [2.45, 2.75) is 25.3 Å². The van der Waals surface area contributed by atoms with Crippen molar-refractivity contribution >= 4 is 17.8 Å². The van der Waals surface area contributed by atoms with Crippen molar-refractivity contribution in [3.05, 3.63) is 75.5 Å². The number of hydrogen-bond donors (Lipinski definition) is 0. The summed E-state index contributed by atoms with van der Waals surface area (Å²) in [7, 11) is 2.76. The molecule has 0 spiro atoms. The molecule has 1 aromatic carbocycles. The molecule has 0 aliphatic carbocycles. The molecule has 44 heavy (non-hydrogen) atoms. The van der Waals surface area contributed by atoms with E-state index in [9.17, 15) is 40.7 Å². The number of piperazine rings is 1. The lowest BCUT2D eigenvalue weighted by molar-refractivity contribution is -0.140. The van der Waals surface area contributed by atoms with Crippen LogP contribution in [0.3, 0.4) is 0 Å². The smallest absolute Gasteiger partial charge is 0.421 e. The molecule has 0 bridgehead atoms. The minimum Gasteiger partial charge on any atom is -0.497 e. The molecule has 0 saturated carbocycles. The van der Waals surface area contributed by atoms with Crippen LogP contribution < -0.4 is 15.2 Å². The van der Waals surface area contributed by atoms with Crippen LogP contribution in [0.5, 0.6) is 5.75 Å². The molecule has 1 saturated heterocycles. The fourth-order valence-electron chi connectivity index (χ4n) is 4.36. The lowest BCUT2D eigenvalue weighted by Crippen LogP contribution is -2.52. The van der Waals surface area contributed by atoms with E-state index in [0.717, 1.165) is 4.90 Å². The Hall–Kier alpha value is -4.70. The fraction of sp³-hybridized carbons (Fsp3) is 0.407. The SMILES string of the molecule is COc1ccc(Cn2nc(CC(=O)N(C)CC(=O)N3CCN(c4ncc(C(F)(F)F)cn4)CC3)cc(C(F)(F)F)c2=O)cc1. The first-order chi connectivity index (χ1) is 20.7. The van der Waals surface area contributed by atoms with Gasteiger partial charge < -0.3 is 19.4 Å². The summed E-state index contributed by atoms with van der Waals surface area (Å²) in [4.78, 5) is 49.9. The zero-order valence-electron chi connectivity index (χ0n) is 23.5.